The molecule has 5 nitrogen and oxygen atoms in total. The molecule has 1 heterocycles. The maximum absolute atomic E-state index is 11.2. The van der Waals surface area contributed by atoms with Crippen molar-refractivity contribution in [1.82, 2.24) is 0 Å². The smallest absolute Gasteiger partial charge is 0.341 e. The zero-order chi connectivity index (χ0) is 23.4. The van der Waals surface area contributed by atoms with E-state index in [1.165, 1.54) is 7.11 Å². The predicted octanol–water partition coefficient (Wildman–Crippen LogP) is 6.68. The Labute approximate surface area is 198 Å². The fraction of sp³-hybridized carbons (Fsp3) is 0.400. The lowest BCUT2D eigenvalue weighted by molar-refractivity contribution is -0.139. The van der Waals surface area contributed by atoms with Crippen LogP contribution in [-0.4, -0.2) is 30.9 Å². The van der Waals surface area contributed by atoms with Crippen molar-refractivity contribution in [2.45, 2.75) is 44.8 Å². The summed E-state index contributed by atoms with van der Waals surface area (Å²) < 4.78 is 17.7. The summed E-state index contributed by atoms with van der Waals surface area (Å²) in [5.41, 5.74) is 2.74. The molecule has 1 aliphatic rings. The second kappa shape index (κ2) is 10.6. The summed E-state index contributed by atoms with van der Waals surface area (Å²) in [4.78, 5) is 11.2. The Morgan fingerprint density at radius 3 is 2.59 bits per heavy atom. The average molecular weight is 479 g/mol. The van der Waals surface area contributed by atoms with Crippen LogP contribution in [0.1, 0.15) is 49.8 Å². The van der Waals surface area contributed by atoms with Gasteiger partial charge in [0.15, 0.2) is 18.1 Å². The molecule has 1 saturated heterocycles. The predicted molar refractivity (Wildman–Crippen MR) is 126 cm³/mol. The van der Waals surface area contributed by atoms with Gasteiger partial charge >= 0.3 is 5.97 Å². The zero-order valence-corrected chi connectivity index (χ0v) is 19.9. The van der Waals surface area contributed by atoms with Crippen LogP contribution < -0.4 is 9.47 Å². The van der Waals surface area contributed by atoms with Gasteiger partial charge in [-0.2, -0.15) is 0 Å². The van der Waals surface area contributed by atoms with Crippen molar-refractivity contribution in [3.8, 4) is 11.5 Å². The molecule has 1 fully saturated rings. The van der Waals surface area contributed by atoms with Crippen LogP contribution in [0.2, 0.25) is 10.0 Å². The molecule has 2 aromatic rings. The van der Waals surface area contributed by atoms with Crippen LogP contribution in [0.25, 0.3) is 0 Å². The van der Waals surface area contributed by atoms with E-state index in [1.54, 1.807) is 12.1 Å². The number of hydrogen-bond donors (Lipinski definition) is 1. The maximum atomic E-state index is 11.2. The molecule has 0 radical (unpaired) electrons. The molecule has 1 aliphatic heterocycles. The van der Waals surface area contributed by atoms with Crippen LogP contribution >= 0.6 is 23.2 Å². The van der Waals surface area contributed by atoms with Crippen molar-refractivity contribution in [3.63, 3.8) is 0 Å². The van der Waals surface area contributed by atoms with Crippen molar-refractivity contribution in [1.29, 1.82) is 0 Å². The monoisotopic (exact) mass is 478 g/mol. The van der Waals surface area contributed by atoms with Crippen LogP contribution in [0.15, 0.2) is 48.6 Å². The Morgan fingerprint density at radius 1 is 1.25 bits per heavy atom. The van der Waals surface area contributed by atoms with Gasteiger partial charge in [0.1, 0.15) is 0 Å². The lowest BCUT2D eigenvalue weighted by Gasteiger charge is -2.43. The number of rotatable bonds is 8. The third-order valence-electron chi connectivity index (χ3n) is 5.87. The van der Waals surface area contributed by atoms with E-state index in [2.05, 4.69) is 19.6 Å². The standard InChI is InChI=1S/C25H28Cl2O5/c1-5-21-19(15-7-6-8-16(26)9-15)12-18(14(2)3)24(32-21)20-10-17(27)11-22(30-4)25(20)31-13-23(28)29/h6-11,18-19,21,24H,2,5,12-13H2,1,3-4H3,(H,28,29)/t18-,19+,21-,24-/m0/s1. The summed E-state index contributed by atoms with van der Waals surface area (Å²) in [7, 11) is 1.49. The summed E-state index contributed by atoms with van der Waals surface area (Å²) in [6.45, 7) is 7.77. The molecule has 2 aromatic carbocycles. The van der Waals surface area contributed by atoms with Gasteiger partial charge < -0.3 is 19.3 Å². The minimum absolute atomic E-state index is 0.0443. The van der Waals surface area contributed by atoms with Crippen molar-refractivity contribution in [3.05, 3.63) is 69.7 Å². The first-order valence-corrected chi connectivity index (χ1v) is 11.3. The summed E-state index contributed by atoms with van der Waals surface area (Å²) in [6.07, 6.45) is 1.10. The fourth-order valence-electron chi connectivity index (χ4n) is 4.39. The molecule has 3 rings (SSSR count). The van der Waals surface area contributed by atoms with Gasteiger partial charge in [-0.1, -0.05) is 54.4 Å². The number of ether oxygens (including phenoxy) is 3. The number of methoxy groups -OCH3 is 1. The molecule has 0 spiro atoms. The Morgan fingerprint density at radius 2 is 2.00 bits per heavy atom. The van der Waals surface area contributed by atoms with Gasteiger partial charge in [0, 0.05) is 33.5 Å². The van der Waals surface area contributed by atoms with Crippen LogP contribution in [0.4, 0.5) is 0 Å². The summed E-state index contributed by atoms with van der Waals surface area (Å²) in [5, 5.41) is 10.3. The number of hydrogen-bond acceptors (Lipinski definition) is 4. The summed E-state index contributed by atoms with van der Waals surface area (Å²) in [5.74, 6) is -0.297. The quantitative estimate of drug-likeness (QED) is 0.428. The Kier molecular flexibility index (Phi) is 8.10. The molecule has 0 aliphatic carbocycles. The Balaban J connectivity index is 2.06. The number of carbonyl (C=O) groups is 1. The van der Waals surface area contributed by atoms with E-state index in [0.29, 0.717) is 27.1 Å². The molecule has 0 aromatic heterocycles. The lowest BCUT2D eigenvalue weighted by atomic mass is 9.75. The van der Waals surface area contributed by atoms with Gasteiger partial charge in [-0.3, -0.25) is 0 Å². The van der Waals surface area contributed by atoms with Crippen LogP contribution in [0, 0.1) is 5.92 Å². The highest BCUT2D eigenvalue weighted by atomic mass is 35.5. The third kappa shape index (κ3) is 5.40. The molecule has 172 valence electrons. The maximum Gasteiger partial charge on any atom is 0.341 e. The first-order valence-electron chi connectivity index (χ1n) is 10.5. The van der Waals surface area contributed by atoms with Crippen LogP contribution in [0.5, 0.6) is 11.5 Å². The second-order valence-electron chi connectivity index (χ2n) is 8.06. The van der Waals surface area contributed by atoms with Gasteiger partial charge in [0.25, 0.3) is 0 Å². The van der Waals surface area contributed by atoms with E-state index in [-0.39, 0.29) is 17.9 Å². The van der Waals surface area contributed by atoms with Crippen molar-refractivity contribution in [2.75, 3.05) is 13.7 Å². The van der Waals surface area contributed by atoms with Gasteiger partial charge in [-0.15, -0.1) is 0 Å². The van der Waals surface area contributed by atoms with Gasteiger partial charge in [-0.05, 0) is 43.5 Å². The van der Waals surface area contributed by atoms with Crippen LogP contribution in [0.3, 0.4) is 0 Å². The third-order valence-corrected chi connectivity index (χ3v) is 6.32. The van der Waals surface area contributed by atoms with Gasteiger partial charge in [-0.25, -0.2) is 4.79 Å². The summed E-state index contributed by atoms with van der Waals surface area (Å²) >= 11 is 12.6. The minimum atomic E-state index is -1.08. The second-order valence-corrected chi connectivity index (χ2v) is 8.94. The van der Waals surface area contributed by atoms with Crippen molar-refractivity contribution >= 4 is 29.2 Å². The number of carboxylic acid groups (broad SMARTS) is 1. The Bertz CT molecular complexity index is 990. The van der Waals surface area contributed by atoms with Gasteiger partial charge in [0.2, 0.25) is 0 Å². The van der Waals surface area contributed by atoms with Gasteiger partial charge in [0.05, 0.1) is 19.3 Å². The van der Waals surface area contributed by atoms with Crippen molar-refractivity contribution < 1.29 is 24.1 Å². The normalized spacial score (nSPS) is 22.9. The highest BCUT2D eigenvalue weighted by Gasteiger charge is 2.41. The number of aliphatic carboxylic acids is 1. The number of benzene rings is 2. The van der Waals surface area contributed by atoms with E-state index >= 15 is 0 Å². The number of halogens is 2. The van der Waals surface area contributed by atoms with E-state index in [9.17, 15) is 4.79 Å². The summed E-state index contributed by atoms with van der Waals surface area (Å²) in [6, 6.07) is 11.2. The SMILES string of the molecule is C=C(C)[C@@H]1C[C@H](c2cccc(Cl)c2)[C@H](CC)O[C@@H]1c1cc(Cl)cc(OC)c1OCC(=O)O. The topological polar surface area (TPSA) is 65.0 Å². The highest BCUT2D eigenvalue weighted by molar-refractivity contribution is 6.31. The van der Waals surface area contributed by atoms with Crippen LogP contribution in [-0.2, 0) is 9.53 Å². The van der Waals surface area contributed by atoms with E-state index in [0.717, 1.165) is 24.0 Å². The molecule has 0 bridgehead atoms. The molecule has 0 saturated carbocycles. The molecule has 1 N–H and O–H groups in total. The fourth-order valence-corrected chi connectivity index (χ4v) is 4.80. The Hall–Kier alpha value is -2.21. The van der Waals surface area contributed by atoms with Crippen molar-refractivity contribution in [2.24, 2.45) is 5.92 Å². The minimum Gasteiger partial charge on any atom is -0.493 e. The molecule has 0 unspecified atom stereocenters. The first-order chi connectivity index (χ1) is 15.2. The largest absolute Gasteiger partial charge is 0.493 e. The zero-order valence-electron chi connectivity index (χ0n) is 18.4. The van der Waals surface area contributed by atoms with E-state index in [1.807, 2.05) is 25.1 Å². The first kappa shape index (κ1) is 24.4. The molecule has 7 heteroatoms. The molecule has 32 heavy (non-hydrogen) atoms. The highest BCUT2D eigenvalue weighted by Crippen LogP contribution is 2.51. The van der Waals surface area contributed by atoms with E-state index < -0.39 is 18.7 Å². The lowest BCUT2D eigenvalue weighted by Crippen LogP contribution is -2.36. The number of carboxylic acids is 1. The molecular formula is C25H28Cl2O5. The molecular weight excluding hydrogens is 451 g/mol. The average Bonchev–Trinajstić information content (AvgIpc) is 2.76. The van der Waals surface area contributed by atoms with E-state index in [4.69, 9.17) is 42.5 Å². The molecule has 0 amide bonds. The molecule has 4 atom stereocenters.